The van der Waals surface area contributed by atoms with Crippen LogP contribution in [0.15, 0.2) is 35.7 Å². The maximum absolute atomic E-state index is 5.15. The van der Waals surface area contributed by atoms with Crippen molar-refractivity contribution >= 4 is 49.9 Å². The quantitative estimate of drug-likeness (QED) is 0.495. The van der Waals surface area contributed by atoms with Gasteiger partial charge in [0.1, 0.15) is 5.75 Å². The third-order valence-electron chi connectivity index (χ3n) is 2.52. The van der Waals surface area contributed by atoms with Gasteiger partial charge in [0, 0.05) is 4.83 Å². The normalized spacial score (nSPS) is 12.4. The minimum absolute atomic E-state index is 0.385. The molecule has 0 bridgehead atoms. The lowest BCUT2D eigenvalue weighted by atomic mass is 10.1. The summed E-state index contributed by atoms with van der Waals surface area (Å²) in [5.74, 6) is 0.907. The molecule has 4 heteroatoms. The van der Waals surface area contributed by atoms with Crippen molar-refractivity contribution in [3.8, 4) is 5.75 Å². The largest absolute Gasteiger partial charge is 0.497 e. The zero-order chi connectivity index (χ0) is 12.3. The van der Waals surface area contributed by atoms with Gasteiger partial charge in [-0.2, -0.15) is 0 Å². The lowest BCUT2D eigenvalue weighted by Crippen LogP contribution is -1.94. The topological polar surface area (TPSA) is 9.23 Å². The smallest absolute Gasteiger partial charge is 0.118 e. The second-order valence-electron chi connectivity index (χ2n) is 3.70. The van der Waals surface area contributed by atoms with Crippen LogP contribution in [0.25, 0.3) is 0 Å². The molecular formula is C13H12BrIOS. The van der Waals surface area contributed by atoms with Crippen LogP contribution in [0.4, 0.5) is 0 Å². The number of hydrogen-bond donors (Lipinski definition) is 0. The monoisotopic (exact) mass is 422 g/mol. The zero-order valence-electron chi connectivity index (χ0n) is 9.32. The Morgan fingerprint density at radius 2 is 2.06 bits per heavy atom. The lowest BCUT2D eigenvalue weighted by molar-refractivity contribution is 0.414. The molecule has 1 aromatic carbocycles. The minimum atomic E-state index is 0.385. The van der Waals surface area contributed by atoms with E-state index in [1.54, 1.807) is 18.4 Å². The fourth-order valence-corrected chi connectivity index (χ4v) is 3.81. The van der Waals surface area contributed by atoms with Gasteiger partial charge in [0.2, 0.25) is 0 Å². The highest BCUT2D eigenvalue weighted by Gasteiger charge is 2.10. The van der Waals surface area contributed by atoms with Crippen LogP contribution in [0.5, 0.6) is 5.75 Å². The summed E-state index contributed by atoms with van der Waals surface area (Å²) in [6.45, 7) is 0. The first-order valence-corrected chi connectivity index (χ1v) is 8.07. The van der Waals surface area contributed by atoms with Crippen molar-refractivity contribution in [2.75, 3.05) is 7.11 Å². The minimum Gasteiger partial charge on any atom is -0.497 e. The molecule has 1 heterocycles. The maximum Gasteiger partial charge on any atom is 0.118 e. The molecule has 0 N–H and O–H groups in total. The molecule has 0 amide bonds. The SMILES string of the molecule is COc1ccc(CC(Br)c2csc(I)c2)cc1. The molecule has 0 radical (unpaired) electrons. The summed E-state index contributed by atoms with van der Waals surface area (Å²) < 4.78 is 6.48. The molecule has 90 valence electrons. The van der Waals surface area contributed by atoms with Crippen LogP contribution in [-0.2, 0) is 6.42 Å². The molecule has 2 rings (SSSR count). The summed E-state index contributed by atoms with van der Waals surface area (Å²) in [7, 11) is 1.69. The summed E-state index contributed by atoms with van der Waals surface area (Å²) in [4.78, 5) is 0.385. The Hall–Kier alpha value is -0.0700. The molecule has 0 aliphatic rings. The highest BCUT2D eigenvalue weighted by molar-refractivity contribution is 14.1. The van der Waals surface area contributed by atoms with Gasteiger partial charge in [-0.3, -0.25) is 0 Å². The average Bonchev–Trinajstić information content (AvgIpc) is 2.77. The molecule has 0 fully saturated rings. The number of thiophene rings is 1. The van der Waals surface area contributed by atoms with E-state index in [4.69, 9.17) is 4.74 Å². The number of benzene rings is 1. The van der Waals surface area contributed by atoms with Crippen molar-refractivity contribution in [3.63, 3.8) is 0 Å². The van der Waals surface area contributed by atoms with E-state index in [-0.39, 0.29) is 0 Å². The highest BCUT2D eigenvalue weighted by Crippen LogP contribution is 2.31. The van der Waals surface area contributed by atoms with Gasteiger partial charge >= 0.3 is 0 Å². The second-order valence-corrected chi connectivity index (χ2v) is 7.61. The van der Waals surface area contributed by atoms with E-state index < -0.39 is 0 Å². The summed E-state index contributed by atoms with van der Waals surface area (Å²) in [6, 6.07) is 10.5. The van der Waals surface area contributed by atoms with E-state index in [1.807, 2.05) is 12.1 Å². The summed E-state index contributed by atoms with van der Waals surface area (Å²) >= 11 is 7.89. The first-order chi connectivity index (χ1) is 8.19. The van der Waals surface area contributed by atoms with E-state index >= 15 is 0 Å². The first-order valence-electron chi connectivity index (χ1n) is 5.20. The summed E-state index contributed by atoms with van der Waals surface area (Å²) in [5, 5.41) is 2.21. The Morgan fingerprint density at radius 3 is 2.59 bits per heavy atom. The number of ether oxygens (including phenoxy) is 1. The average molecular weight is 423 g/mol. The van der Waals surface area contributed by atoms with Gasteiger partial charge in [0.05, 0.1) is 9.99 Å². The molecule has 0 aliphatic heterocycles. The fraction of sp³-hybridized carbons (Fsp3) is 0.231. The highest BCUT2D eigenvalue weighted by atomic mass is 127. The van der Waals surface area contributed by atoms with Crippen molar-refractivity contribution in [2.45, 2.75) is 11.2 Å². The van der Waals surface area contributed by atoms with Crippen LogP contribution < -0.4 is 4.74 Å². The molecular weight excluding hydrogens is 411 g/mol. The molecule has 0 saturated heterocycles. The molecule has 1 aromatic heterocycles. The number of methoxy groups -OCH3 is 1. The van der Waals surface area contributed by atoms with Crippen LogP contribution in [-0.4, -0.2) is 7.11 Å². The number of halogens is 2. The lowest BCUT2D eigenvalue weighted by Gasteiger charge is -2.08. The molecule has 0 aliphatic carbocycles. The predicted octanol–water partition coefficient (Wildman–Crippen LogP) is 5.04. The van der Waals surface area contributed by atoms with Crippen LogP contribution >= 0.6 is 49.9 Å². The van der Waals surface area contributed by atoms with Gasteiger partial charge in [-0.05, 0) is 63.7 Å². The van der Waals surface area contributed by atoms with Crippen LogP contribution in [0.3, 0.4) is 0 Å². The molecule has 0 saturated carbocycles. The summed E-state index contributed by atoms with van der Waals surface area (Å²) in [6.07, 6.45) is 0.997. The Bertz CT molecular complexity index is 480. The van der Waals surface area contributed by atoms with E-state index in [2.05, 4.69) is 62.1 Å². The Kier molecular flexibility index (Phi) is 4.87. The van der Waals surface area contributed by atoms with E-state index in [1.165, 1.54) is 14.0 Å². The van der Waals surface area contributed by atoms with Crippen molar-refractivity contribution in [1.29, 1.82) is 0 Å². The van der Waals surface area contributed by atoms with Crippen LogP contribution in [0.2, 0.25) is 0 Å². The molecule has 1 nitrogen and oxygen atoms in total. The van der Waals surface area contributed by atoms with Crippen molar-refractivity contribution < 1.29 is 4.74 Å². The molecule has 1 atom stereocenters. The molecule has 17 heavy (non-hydrogen) atoms. The van der Waals surface area contributed by atoms with E-state index in [0.717, 1.165) is 12.2 Å². The zero-order valence-corrected chi connectivity index (χ0v) is 13.9. The Labute approximate surface area is 127 Å². The standard InChI is InChI=1S/C13H12BrIOS/c1-16-11-4-2-9(3-5-11)6-12(14)10-7-13(15)17-8-10/h2-5,7-8,12H,6H2,1H3. The number of hydrogen-bond acceptors (Lipinski definition) is 2. The van der Waals surface area contributed by atoms with Gasteiger partial charge in [-0.25, -0.2) is 0 Å². The second kappa shape index (κ2) is 6.20. The third kappa shape index (κ3) is 3.69. The number of alkyl halides is 1. The van der Waals surface area contributed by atoms with Gasteiger partial charge in [-0.1, -0.05) is 28.1 Å². The van der Waals surface area contributed by atoms with Crippen molar-refractivity contribution in [1.82, 2.24) is 0 Å². The van der Waals surface area contributed by atoms with Crippen molar-refractivity contribution in [3.05, 3.63) is 49.7 Å². The van der Waals surface area contributed by atoms with Gasteiger partial charge in [0.15, 0.2) is 0 Å². The maximum atomic E-state index is 5.15. The molecule has 2 aromatic rings. The first kappa shape index (κ1) is 13.4. The van der Waals surface area contributed by atoms with E-state index in [9.17, 15) is 0 Å². The Balaban J connectivity index is 2.04. The predicted molar refractivity (Wildman–Crippen MR) is 85.4 cm³/mol. The van der Waals surface area contributed by atoms with Crippen LogP contribution in [0.1, 0.15) is 16.0 Å². The number of rotatable bonds is 4. The molecule has 0 spiro atoms. The third-order valence-corrected chi connectivity index (χ3v) is 5.18. The van der Waals surface area contributed by atoms with Crippen molar-refractivity contribution in [2.24, 2.45) is 0 Å². The fourth-order valence-electron chi connectivity index (χ4n) is 1.57. The molecule has 1 unspecified atom stereocenters. The Morgan fingerprint density at radius 1 is 1.35 bits per heavy atom. The van der Waals surface area contributed by atoms with Crippen LogP contribution in [0, 0.1) is 2.88 Å². The van der Waals surface area contributed by atoms with Gasteiger partial charge in [-0.15, -0.1) is 11.3 Å². The van der Waals surface area contributed by atoms with E-state index in [0.29, 0.717) is 4.83 Å². The van der Waals surface area contributed by atoms with Gasteiger partial charge in [0.25, 0.3) is 0 Å². The van der Waals surface area contributed by atoms with Gasteiger partial charge < -0.3 is 4.74 Å². The summed E-state index contributed by atoms with van der Waals surface area (Å²) in [5.41, 5.74) is 2.67.